The molecule has 0 amide bonds. The molecule has 0 saturated carbocycles. The monoisotopic (exact) mass is 244 g/mol. The van der Waals surface area contributed by atoms with Gasteiger partial charge in [0, 0.05) is 19.2 Å². The van der Waals surface area contributed by atoms with Gasteiger partial charge in [-0.05, 0) is 7.05 Å². The molecular formula is C10H11F3N4. The van der Waals surface area contributed by atoms with E-state index in [0.29, 0.717) is 13.0 Å². The molecule has 0 bridgehead atoms. The molecule has 0 unspecified atom stereocenters. The summed E-state index contributed by atoms with van der Waals surface area (Å²) in [6.45, 7) is 0.601. The Kier molecular flexibility index (Phi) is 4.29. The molecule has 0 aromatic carbocycles. The summed E-state index contributed by atoms with van der Waals surface area (Å²) in [5, 5.41) is 2.83. The summed E-state index contributed by atoms with van der Waals surface area (Å²) < 4.78 is 37.7. The second-order valence-electron chi connectivity index (χ2n) is 3.14. The summed E-state index contributed by atoms with van der Waals surface area (Å²) in [7, 11) is 1.73. The van der Waals surface area contributed by atoms with Gasteiger partial charge in [0.15, 0.2) is 5.69 Å². The van der Waals surface area contributed by atoms with E-state index in [2.05, 4.69) is 27.1 Å². The van der Waals surface area contributed by atoms with Gasteiger partial charge < -0.3 is 11.1 Å². The van der Waals surface area contributed by atoms with Gasteiger partial charge in [-0.25, -0.2) is 9.97 Å². The zero-order valence-corrected chi connectivity index (χ0v) is 9.10. The molecule has 17 heavy (non-hydrogen) atoms. The van der Waals surface area contributed by atoms with Crippen LogP contribution in [0.3, 0.4) is 0 Å². The number of nitrogen functional groups attached to an aromatic ring is 1. The predicted molar refractivity (Wildman–Crippen MR) is 56.9 cm³/mol. The van der Waals surface area contributed by atoms with Crippen molar-refractivity contribution in [2.24, 2.45) is 0 Å². The highest BCUT2D eigenvalue weighted by molar-refractivity contribution is 5.40. The topological polar surface area (TPSA) is 63.8 Å². The minimum Gasteiger partial charge on any atom is -0.368 e. The van der Waals surface area contributed by atoms with Crippen LogP contribution in [-0.2, 0) is 6.18 Å². The van der Waals surface area contributed by atoms with E-state index in [4.69, 9.17) is 5.73 Å². The first kappa shape index (κ1) is 13.3. The molecule has 0 saturated heterocycles. The molecule has 0 fully saturated rings. The van der Waals surface area contributed by atoms with Crippen molar-refractivity contribution >= 4 is 5.95 Å². The Bertz CT molecular complexity index is 445. The lowest BCUT2D eigenvalue weighted by molar-refractivity contribution is -0.141. The number of anilines is 1. The Balaban J connectivity index is 3.02. The molecule has 0 spiro atoms. The van der Waals surface area contributed by atoms with E-state index in [0.717, 1.165) is 6.20 Å². The first-order valence-electron chi connectivity index (χ1n) is 4.78. The molecule has 0 aliphatic heterocycles. The Morgan fingerprint density at radius 1 is 1.47 bits per heavy atom. The third-order valence-electron chi connectivity index (χ3n) is 1.80. The van der Waals surface area contributed by atoms with E-state index in [-0.39, 0.29) is 5.56 Å². The molecule has 4 nitrogen and oxygen atoms in total. The number of alkyl halides is 3. The van der Waals surface area contributed by atoms with Crippen molar-refractivity contribution in [3.05, 3.63) is 17.5 Å². The molecule has 0 aliphatic rings. The fraction of sp³-hybridized carbons (Fsp3) is 0.400. The Labute approximate surface area is 96.4 Å². The summed E-state index contributed by atoms with van der Waals surface area (Å²) in [4.78, 5) is 6.67. The molecule has 1 rings (SSSR count). The van der Waals surface area contributed by atoms with Crippen LogP contribution in [0.5, 0.6) is 0 Å². The van der Waals surface area contributed by atoms with E-state index in [1.165, 1.54) is 0 Å². The fourth-order valence-electron chi connectivity index (χ4n) is 1.05. The first-order valence-corrected chi connectivity index (χ1v) is 4.78. The van der Waals surface area contributed by atoms with Gasteiger partial charge in [-0.15, -0.1) is 0 Å². The van der Waals surface area contributed by atoms with Crippen LogP contribution in [0.2, 0.25) is 0 Å². The van der Waals surface area contributed by atoms with Gasteiger partial charge in [0.05, 0.1) is 5.56 Å². The number of rotatable bonds is 2. The van der Waals surface area contributed by atoms with Crippen LogP contribution in [0.1, 0.15) is 17.7 Å². The molecular weight excluding hydrogens is 233 g/mol. The van der Waals surface area contributed by atoms with Gasteiger partial charge in [0.1, 0.15) is 0 Å². The highest BCUT2D eigenvalue weighted by Gasteiger charge is 2.35. The SMILES string of the molecule is CNCCC#Cc1cnc(N)nc1C(F)(F)F. The Morgan fingerprint density at radius 3 is 2.76 bits per heavy atom. The van der Waals surface area contributed by atoms with E-state index in [1.54, 1.807) is 7.05 Å². The van der Waals surface area contributed by atoms with E-state index in [9.17, 15) is 13.2 Å². The highest BCUT2D eigenvalue weighted by atomic mass is 19.4. The van der Waals surface area contributed by atoms with E-state index < -0.39 is 17.8 Å². The molecule has 7 heteroatoms. The number of halogens is 3. The van der Waals surface area contributed by atoms with Crippen LogP contribution in [0.25, 0.3) is 0 Å². The summed E-state index contributed by atoms with van der Waals surface area (Å²) >= 11 is 0. The summed E-state index contributed by atoms with van der Waals surface area (Å²) in [5.41, 5.74) is 3.76. The third kappa shape index (κ3) is 3.92. The van der Waals surface area contributed by atoms with Gasteiger partial charge in [0.25, 0.3) is 0 Å². The van der Waals surface area contributed by atoms with Crippen LogP contribution in [0.4, 0.5) is 19.1 Å². The lowest BCUT2D eigenvalue weighted by atomic mass is 10.2. The van der Waals surface area contributed by atoms with E-state index >= 15 is 0 Å². The van der Waals surface area contributed by atoms with Crippen molar-refractivity contribution in [2.45, 2.75) is 12.6 Å². The standard InChI is InChI=1S/C10H11F3N4/c1-15-5-3-2-4-7-6-16-9(14)17-8(7)10(11,12)13/h6,15H,3,5H2,1H3,(H2,14,16,17). The molecule has 1 aromatic heterocycles. The zero-order valence-electron chi connectivity index (χ0n) is 9.10. The normalized spacial score (nSPS) is 10.8. The molecule has 0 atom stereocenters. The largest absolute Gasteiger partial charge is 0.434 e. The van der Waals surface area contributed by atoms with Gasteiger partial charge in [-0.1, -0.05) is 11.8 Å². The smallest absolute Gasteiger partial charge is 0.368 e. The number of hydrogen-bond donors (Lipinski definition) is 2. The summed E-state index contributed by atoms with van der Waals surface area (Å²) in [6.07, 6.45) is -3.15. The minimum atomic E-state index is -4.58. The first-order chi connectivity index (χ1) is 7.95. The van der Waals surface area contributed by atoms with Crippen molar-refractivity contribution in [3.8, 4) is 11.8 Å². The third-order valence-corrected chi connectivity index (χ3v) is 1.80. The van der Waals surface area contributed by atoms with Gasteiger partial charge in [-0.3, -0.25) is 0 Å². The Morgan fingerprint density at radius 2 is 2.18 bits per heavy atom. The number of nitrogens with zero attached hydrogens (tertiary/aromatic N) is 2. The molecule has 1 aromatic rings. The minimum absolute atomic E-state index is 0.261. The number of nitrogens with two attached hydrogens (primary N) is 1. The zero-order chi connectivity index (χ0) is 12.9. The van der Waals surface area contributed by atoms with Gasteiger partial charge >= 0.3 is 6.18 Å². The van der Waals surface area contributed by atoms with Crippen LogP contribution in [0.15, 0.2) is 6.20 Å². The van der Waals surface area contributed by atoms with Gasteiger partial charge in [-0.2, -0.15) is 13.2 Å². The van der Waals surface area contributed by atoms with Crippen molar-refractivity contribution in [2.75, 3.05) is 19.3 Å². The molecule has 0 aliphatic carbocycles. The van der Waals surface area contributed by atoms with Crippen LogP contribution >= 0.6 is 0 Å². The van der Waals surface area contributed by atoms with E-state index in [1.807, 2.05) is 0 Å². The number of nitrogens with one attached hydrogen (secondary N) is 1. The molecule has 0 radical (unpaired) electrons. The molecule has 3 N–H and O–H groups in total. The second-order valence-corrected chi connectivity index (χ2v) is 3.14. The van der Waals surface area contributed by atoms with Crippen molar-refractivity contribution < 1.29 is 13.2 Å². The maximum atomic E-state index is 12.6. The maximum absolute atomic E-state index is 12.6. The molecule has 92 valence electrons. The average molecular weight is 244 g/mol. The van der Waals surface area contributed by atoms with Crippen LogP contribution in [-0.4, -0.2) is 23.6 Å². The fourth-order valence-corrected chi connectivity index (χ4v) is 1.05. The summed E-state index contributed by atoms with van der Waals surface area (Å²) in [6, 6.07) is 0. The maximum Gasteiger partial charge on any atom is 0.434 e. The number of aromatic nitrogens is 2. The highest BCUT2D eigenvalue weighted by Crippen LogP contribution is 2.29. The number of hydrogen-bond acceptors (Lipinski definition) is 4. The summed E-state index contributed by atoms with van der Waals surface area (Å²) in [5.74, 6) is 4.57. The Hall–Kier alpha value is -1.81. The predicted octanol–water partition coefficient (Wildman–Crippen LogP) is 1.04. The van der Waals surface area contributed by atoms with Crippen molar-refractivity contribution in [1.82, 2.24) is 15.3 Å². The average Bonchev–Trinajstić information content (AvgIpc) is 2.25. The van der Waals surface area contributed by atoms with Gasteiger partial charge in [0.2, 0.25) is 5.95 Å². The molecule has 1 heterocycles. The quantitative estimate of drug-likeness (QED) is 0.602. The van der Waals surface area contributed by atoms with Crippen LogP contribution in [0, 0.1) is 11.8 Å². The van der Waals surface area contributed by atoms with Crippen molar-refractivity contribution in [1.29, 1.82) is 0 Å². The second kappa shape index (κ2) is 5.50. The lowest BCUT2D eigenvalue weighted by Crippen LogP contribution is -2.13. The van der Waals surface area contributed by atoms with Crippen molar-refractivity contribution in [3.63, 3.8) is 0 Å². The lowest BCUT2D eigenvalue weighted by Gasteiger charge is -2.07. The van der Waals surface area contributed by atoms with Crippen LogP contribution < -0.4 is 11.1 Å².